The molecule has 1 N–H and O–H groups in total. The third-order valence-electron chi connectivity index (χ3n) is 6.14. The molecule has 0 fully saturated rings. The molecule has 0 bridgehead atoms. The summed E-state index contributed by atoms with van der Waals surface area (Å²) in [6.07, 6.45) is -0.667. The van der Waals surface area contributed by atoms with Crippen molar-refractivity contribution in [1.82, 2.24) is 19.3 Å². The Bertz CT molecular complexity index is 1630. The van der Waals surface area contributed by atoms with E-state index >= 15 is 0 Å². The normalized spacial score (nSPS) is 13.7. The molecule has 0 saturated heterocycles. The van der Waals surface area contributed by atoms with Gasteiger partial charge in [0.2, 0.25) is 0 Å². The first-order valence-electron chi connectivity index (χ1n) is 11.3. The Morgan fingerprint density at radius 3 is 2.49 bits per heavy atom. The maximum Gasteiger partial charge on any atom is 0.434 e. The lowest BCUT2D eigenvalue weighted by molar-refractivity contribution is -0.140. The highest BCUT2D eigenvalue weighted by molar-refractivity contribution is 7.90. The number of halogens is 3. The van der Waals surface area contributed by atoms with Gasteiger partial charge in [0.25, 0.3) is 0 Å². The molecule has 1 aliphatic rings. The first-order chi connectivity index (χ1) is 17.4. The van der Waals surface area contributed by atoms with Crippen LogP contribution in [0.1, 0.15) is 27.9 Å². The minimum Gasteiger partial charge on any atom is -0.333 e. The SMILES string of the molecule is Cc1cccc(S(C)(=O)=O)c1C1=NCc2cnn(Cc3ccc(-c4nc(C(F)(F)F)cn4C)cc3)c2N1. The molecular weight excluding hydrogens is 505 g/mol. The van der Waals surface area contributed by atoms with E-state index in [1.807, 2.05) is 25.1 Å². The van der Waals surface area contributed by atoms with Crippen LogP contribution < -0.4 is 5.32 Å². The molecule has 2 aromatic heterocycles. The molecular formula is C25H23F3N6O2S. The highest BCUT2D eigenvalue weighted by Gasteiger charge is 2.34. The second-order valence-corrected chi connectivity index (χ2v) is 10.9. The molecule has 1 aliphatic heterocycles. The molecule has 0 amide bonds. The first kappa shape index (κ1) is 24.8. The molecule has 0 saturated carbocycles. The number of rotatable bonds is 5. The van der Waals surface area contributed by atoms with Crippen LogP contribution in [-0.4, -0.2) is 39.8 Å². The van der Waals surface area contributed by atoms with Gasteiger partial charge in [0.1, 0.15) is 17.5 Å². The monoisotopic (exact) mass is 528 g/mol. The van der Waals surface area contributed by atoms with Crippen molar-refractivity contribution >= 4 is 21.5 Å². The summed E-state index contributed by atoms with van der Waals surface area (Å²) in [4.78, 5) is 8.51. The summed E-state index contributed by atoms with van der Waals surface area (Å²) in [6.45, 7) is 2.56. The number of imidazole rings is 1. The number of aromatic nitrogens is 4. The van der Waals surface area contributed by atoms with Crippen molar-refractivity contribution < 1.29 is 21.6 Å². The standard InChI is InChI=1S/C25H23F3N6O2S/c1-15-5-4-6-19(37(3,35)36)21(15)22-29-11-18-12-30-34(24(18)32-22)13-16-7-9-17(10-8-16)23-31-20(14-33(23)2)25(26,27)28/h4-10,12,14H,11,13H2,1-3H3,(H,29,32). The van der Waals surface area contributed by atoms with E-state index in [9.17, 15) is 21.6 Å². The van der Waals surface area contributed by atoms with Crippen molar-refractivity contribution in [3.05, 3.63) is 82.8 Å². The lowest BCUT2D eigenvalue weighted by Gasteiger charge is -2.20. The Kier molecular flexibility index (Phi) is 5.94. The lowest BCUT2D eigenvalue weighted by atomic mass is 10.1. The minimum absolute atomic E-state index is 0.201. The molecule has 3 heterocycles. The van der Waals surface area contributed by atoms with Crippen molar-refractivity contribution in [3.63, 3.8) is 0 Å². The summed E-state index contributed by atoms with van der Waals surface area (Å²) < 4.78 is 66.9. The number of amidine groups is 1. The van der Waals surface area contributed by atoms with Crippen LogP contribution in [0.2, 0.25) is 0 Å². The Hall–Kier alpha value is -3.93. The van der Waals surface area contributed by atoms with Gasteiger partial charge in [-0.15, -0.1) is 0 Å². The van der Waals surface area contributed by atoms with Crippen molar-refractivity contribution in [2.24, 2.45) is 12.0 Å². The smallest absolute Gasteiger partial charge is 0.333 e. The zero-order valence-electron chi connectivity index (χ0n) is 20.2. The second kappa shape index (κ2) is 8.87. The van der Waals surface area contributed by atoms with Gasteiger partial charge in [-0.05, 0) is 24.1 Å². The third kappa shape index (κ3) is 4.76. The average Bonchev–Trinajstić information content (AvgIpc) is 3.42. The van der Waals surface area contributed by atoms with Crippen LogP contribution in [0, 0.1) is 6.92 Å². The summed E-state index contributed by atoms with van der Waals surface area (Å²) in [5.41, 5.74) is 2.67. The molecule has 8 nitrogen and oxygen atoms in total. The highest BCUT2D eigenvalue weighted by atomic mass is 32.2. The maximum absolute atomic E-state index is 13.0. The number of sulfone groups is 1. The van der Waals surface area contributed by atoms with Gasteiger partial charge in [-0.2, -0.15) is 18.3 Å². The Morgan fingerprint density at radius 1 is 1.11 bits per heavy atom. The summed E-state index contributed by atoms with van der Waals surface area (Å²) in [6, 6.07) is 12.2. The number of hydrogen-bond donors (Lipinski definition) is 1. The molecule has 5 rings (SSSR count). The van der Waals surface area contributed by atoms with E-state index in [0.717, 1.165) is 22.9 Å². The third-order valence-corrected chi connectivity index (χ3v) is 7.28. The summed E-state index contributed by atoms with van der Waals surface area (Å²) in [7, 11) is -1.95. The maximum atomic E-state index is 13.0. The molecule has 4 aromatic rings. The molecule has 0 aliphatic carbocycles. The highest BCUT2D eigenvalue weighted by Crippen LogP contribution is 2.31. The Morgan fingerprint density at radius 2 is 1.84 bits per heavy atom. The van der Waals surface area contributed by atoms with Gasteiger partial charge in [-0.3, -0.25) is 4.99 Å². The van der Waals surface area contributed by atoms with Gasteiger partial charge in [-0.25, -0.2) is 18.1 Å². The van der Waals surface area contributed by atoms with Crippen LogP contribution in [0.25, 0.3) is 11.4 Å². The van der Waals surface area contributed by atoms with Gasteiger partial charge in [0.05, 0.1) is 24.2 Å². The van der Waals surface area contributed by atoms with Gasteiger partial charge < -0.3 is 9.88 Å². The van der Waals surface area contributed by atoms with E-state index in [1.165, 1.54) is 17.9 Å². The van der Waals surface area contributed by atoms with Crippen LogP contribution >= 0.6 is 0 Å². The number of hydrogen-bond acceptors (Lipinski definition) is 6. The number of nitrogens with zero attached hydrogens (tertiary/aromatic N) is 5. The summed E-state index contributed by atoms with van der Waals surface area (Å²) in [5, 5.41) is 7.72. The molecule has 2 aromatic carbocycles. The van der Waals surface area contributed by atoms with E-state index in [1.54, 1.807) is 35.1 Å². The summed E-state index contributed by atoms with van der Waals surface area (Å²) in [5.74, 6) is 1.38. The van der Waals surface area contributed by atoms with Crippen LogP contribution in [0.4, 0.5) is 19.0 Å². The molecule has 0 spiro atoms. The largest absolute Gasteiger partial charge is 0.434 e. The van der Waals surface area contributed by atoms with E-state index < -0.39 is 21.7 Å². The fraction of sp³-hybridized carbons (Fsp3) is 0.240. The lowest BCUT2D eigenvalue weighted by Crippen LogP contribution is -2.24. The molecule has 192 valence electrons. The van der Waals surface area contributed by atoms with Crippen molar-refractivity contribution in [3.8, 4) is 11.4 Å². The number of aryl methyl sites for hydroxylation is 2. The van der Waals surface area contributed by atoms with Crippen LogP contribution in [0.15, 0.2) is 64.7 Å². The zero-order valence-corrected chi connectivity index (χ0v) is 21.0. The number of fused-ring (bicyclic) bond motifs is 1. The molecule has 0 atom stereocenters. The number of anilines is 1. The van der Waals surface area contributed by atoms with Gasteiger partial charge >= 0.3 is 6.18 Å². The van der Waals surface area contributed by atoms with Gasteiger partial charge in [0.15, 0.2) is 15.5 Å². The summed E-state index contributed by atoms with van der Waals surface area (Å²) >= 11 is 0. The molecule has 0 unspecified atom stereocenters. The van der Waals surface area contributed by atoms with Crippen molar-refractivity contribution in [2.45, 2.75) is 31.1 Å². The van der Waals surface area contributed by atoms with Crippen LogP contribution in [0.3, 0.4) is 0 Å². The Balaban J connectivity index is 1.40. The predicted octanol–water partition coefficient (Wildman–Crippen LogP) is 4.43. The molecule has 37 heavy (non-hydrogen) atoms. The van der Waals surface area contributed by atoms with Crippen molar-refractivity contribution in [2.75, 3.05) is 11.6 Å². The second-order valence-electron chi connectivity index (χ2n) is 8.94. The van der Waals surface area contributed by atoms with E-state index in [2.05, 4.69) is 20.4 Å². The Labute approximate surface area is 211 Å². The zero-order chi connectivity index (χ0) is 26.5. The average molecular weight is 529 g/mol. The predicted molar refractivity (Wildman–Crippen MR) is 133 cm³/mol. The molecule has 12 heteroatoms. The molecule has 0 radical (unpaired) electrons. The number of benzene rings is 2. The fourth-order valence-corrected chi connectivity index (χ4v) is 5.27. The fourth-order valence-electron chi connectivity index (χ4n) is 4.32. The number of nitrogens with one attached hydrogen (secondary N) is 1. The van der Waals surface area contributed by atoms with Gasteiger partial charge in [0, 0.05) is 36.2 Å². The number of alkyl halides is 3. The van der Waals surface area contributed by atoms with E-state index in [4.69, 9.17) is 0 Å². The minimum atomic E-state index is -4.51. The number of aliphatic imine (C=N–C) groups is 1. The topological polar surface area (TPSA) is 94.2 Å². The quantitative estimate of drug-likeness (QED) is 0.414. The first-order valence-corrected chi connectivity index (χ1v) is 13.2. The van der Waals surface area contributed by atoms with Crippen molar-refractivity contribution in [1.29, 1.82) is 0 Å². The van der Waals surface area contributed by atoms with Gasteiger partial charge in [-0.1, -0.05) is 36.4 Å². The van der Waals surface area contributed by atoms with E-state index in [0.29, 0.717) is 35.9 Å². The van der Waals surface area contributed by atoms with E-state index in [-0.39, 0.29) is 10.7 Å². The van der Waals surface area contributed by atoms with Crippen LogP contribution in [-0.2, 0) is 36.2 Å². The van der Waals surface area contributed by atoms with Crippen LogP contribution in [0.5, 0.6) is 0 Å².